The normalized spacial score (nSPS) is 17.7. The first-order valence-electron chi connectivity index (χ1n) is 5.62. The molecule has 92 valence electrons. The van der Waals surface area contributed by atoms with Crippen LogP contribution in [0, 0.1) is 11.8 Å². The maximum Gasteiger partial charge on any atom is 0.0555 e. The number of thiophene rings is 1. The number of hydrogen-bond donors (Lipinski definition) is 1. The number of nitrogens with zero attached hydrogens (tertiary/aromatic N) is 1. The third-order valence-electron chi connectivity index (χ3n) is 2.71. The van der Waals surface area contributed by atoms with E-state index in [1.807, 2.05) is 6.07 Å². The lowest BCUT2D eigenvalue weighted by Crippen LogP contribution is -2.37. The first-order chi connectivity index (χ1) is 8.29. The summed E-state index contributed by atoms with van der Waals surface area (Å²) >= 11 is 1.73. The summed E-state index contributed by atoms with van der Waals surface area (Å²) in [6.45, 7) is 3.17. The SMILES string of the molecule is NCC#Cc1ccsc1CN1CCS(=O)CC1. The van der Waals surface area contributed by atoms with Gasteiger partial charge in [0, 0.05) is 52.4 Å². The first-order valence-corrected chi connectivity index (χ1v) is 7.99. The van der Waals surface area contributed by atoms with E-state index in [1.54, 1.807) is 11.3 Å². The topological polar surface area (TPSA) is 46.3 Å². The zero-order valence-electron chi connectivity index (χ0n) is 9.65. The van der Waals surface area contributed by atoms with E-state index in [2.05, 4.69) is 22.1 Å². The zero-order chi connectivity index (χ0) is 12.1. The highest BCUT2D eigenvalue weighted by Crippen LogP contribution is 2.18. The molecule has 0 saturated carbocycles. The summed E-state index contributed by atoms with van der Waals surface area (Å²) in [5.74, 6) is 7.59. The third kappa shape index (κ3) is 3.65. The van der Waals surface area contributed by atoms with Crippen molar-refractivity contribution in [1.82, 2.24) is 4.90 Å². The Kier molecular flexibility index (Phi) is 4.75. The minimum atomic E-state index is -0.602. The van der Waals surface area contributed by atoms with Crippen LogP contribution >= 0.6 is 11.3 Å². The fraction of sp³-hybridized carbons (Fsp3) is 0.500. The minimum absolute atomic E-state index is 0.401. The van der Waals surface area contributed by atoms with Crippen LogP contribution < -0.4 is 5.73 Å². The van der Waals surface area contributed by atoms with E-state index in [1.165, 1.54) is 4.88 Å². The highest BCUT2D eigenvalue weighted by molar-refractivity contribution is 7.85. The van der Waals surface area contributed by atoms with Crippen molar-refractivity contribution in [3.05, 3.63) is 21.9 Å². The average molecular weight is 268 g/mol. The monoisotopic (exact) mass is 268 g/mol. The van der Waals surface area contributed by atoms with Crippen molar-refractivity contribution in [2.45, 2.75) is 6.54 Å². The molecule has 0 unspecified atom stereocenters. The highest BCUT2D eigenvalue weighted by Gasteiger charge is 2.16. The number of hydrogen-bond acceptors (Lipinski definition) is 4. The molecule has 0 atom stereocenters. The van der Waals surface area contributed by atoms with Crippen molar-refractivity contribution < 1.29 is 4.21 Å². The summed E-state index contributed by atoms with van der Waals surface area (Å²) in [5.41, 5.74) is 6.47. The van der Waals surface area contributed by atoms with E-state index in [0.29, 0.717) is 6.54 Å². The fourth-order valence-corrected chi connectivity index (χ4v) is 3.76. The van der Waals surface area contributed by atoms with Crippen molar-refractivity contribution in [3.63, 3.8) is 0 Å². The summed E-state index contributed by atoms with van der Waals surface area (Å²) in [4.78, 5) is 3.64. The molecule has 5 heteroatoms. The van der Waals surface area contributed by atoms with E-state index in [9.17, 15) is 4.21 Å². The zero-order valence-corrected chi connectivity index (χ0v) is 11.3. The van der Waals surface area contributed by atoms with Gasteiger partial charge in [-0.15, -0.1) is 11.3 Å². The largest absolute Gasteiger partial charge is 0.320 e. The van der Waals surface area contributed by atoms with Crippen molar-refractivity contribution in [1.29, 1.82) is 0 Å². The molecule has 17 heavy (non-hydrogen) atoms. The molecule has 1 aromatic rings. The third-order valence-corrected chi connectivity index (χ3v) is 4.89. The van der Waals surface area contributed by atoms with Gasteiger partial charge >= 0.3 is 0 Å². The van der Waals surface area contributed by atoms with Crippen molar-refractivity contribution in [3.8, 4) is 11.8 Å². The summed E-state index contributed by atoms with van der Waals surface area (Å²) in [6, 6.07) is 2.05. The predicted molar refractivity (Wildman–Crippen MR) is 73.4 cm³/mol. The molecule has 2 rings (SSSR count). The second kappa shape index (κ2) is 6.31. The van der Waals surface area contributed by atoms with Crippen LogP contribution in [-0.2, 0) is 17.3 Å². The molecule has 0 amide bonds. The summed E-state index contributed by atoms with van der Waals surface area (Å²) in [7, 11) is -0.602. The van der Waals surface area contributed by atoms with Crippen molar-refractivity contribution >= 4 is 22.1 Å². The van der Waals surface area contributed by atoms with E-state index < -0.39 is 10.8 Å². The standard InChI is InChI=1S/C12H16N2OS2/c13-4-1-2-11-3-7-16-12(11)10-14-5-8-17(15)9-6-14/h3,7H,4-6,8-10,13H2. The van der Waals surface area contributed by atoms with Crippen LogP contribution in [0.4, 0.5) is 0 Å². The summed E-state index contributed by atoms with van der Waals surface area (Å²) in [6.07, 6.45) is 0. The lowest BCUT2D eigenvalue weighted by atomic mass is 10.2. The van der Waals surface area contributed by atoms with E-state index in [4.69, 9.17) is 5.73 Å². The van der Waals surface area contributed by atoms with Crippen LogP contribution in [0.2, 0.25) is 0 Å². The van der Waals surface area contributed by atoms with Crippen LogP contribution in [0.25, 0.3) is 0 Å². The van der Waals surface area contributed by atoms with Gasteiger partial charge < -0.3 is 5.73 Å². The smallest absolute Gasteiger partial charge is 0.0555 e. The lowest BCUT2D eigenvalue weighted by Gasteiger charge is -2.25. The van der Waals surface area contributed by atoms with Crippen LogP contribution in [0.15, 0.2) is 11.4 Å². The van der Waals surface area contributed by atoms with Gasteiger partial charge in [0.1, 0.15) is 0 Å². The van der Waals surface area contributed by atoms with Crippen molar-refractivity contribution in [2.75, 3.05) is 31.1 Å². The maximum atomic E-state index is 11.3. The molecule has 0 radical (unpaired) electrons. The van der Waals surface area contributed by atoms with E-state index in [-0.39, 0.29) is 0 Å². The van der Waals surface area contributed by atoms with Gasteiger partial charge in [0.15, 0.2) is 0 Å². The fourth-order valence-electron chi connectivity index (χ4n) is 1.76. The van der Waals surface area contributed by atoms with Gasteiger partial charge in [0.05, 0.1) is 6.54 Å². The molecule has 1 fully saturated rings. The van der Waals surface area contributed by atoms with Crippen LogP contribution in [-0.4, -0.2) is 40.2 Å². The molecule has 2 N–H and O–H groups in total. The molecule has 3 nitrogen and oxygen atoms in total. The molecule has 1 aliphatic rings. The van der Waals surface area contributed by atoms with Crippen LogP contribution in [0.1, 0.15) is 10.4 Å². The molecular formula is C12H16N2OS2. The van der Waals surface area contributed by atoms with E-state index in [0.717, 1.165) is 36.7 Å². The minimum Gasteiger partial charge on any atom is -0.320 e. The highest BCUT2D eigenvalue weighted by atomic mass is 32.2. The van der Waals surface area contributed by atoms with Crippen LogP contribution in [0.5, 0.6) is 0 Å². The molecule has 1 aromatic heterocycles. The Bertz CT molecular complexity index is 449. The first kappa shape index (κ1) is 12.8. The molecule has 0 aliphatic carbocycles. The lowest BCUT2D eigenvalue weighted by molar-refractivity contribution is 0.294. The summed E-state index contributed by atoms with van der Waals surface area (Å²) < 4.78 is 11.3. The number of nitrogens with two attached hydrogens (primary N) is 1. The van der Waals surface area contributed by atoms with Gasteiger partial charge in [-0.2, -0.15) is 0 Å². The Morgan fingerprint density at radius 1 is 1.47 bits per heavy atom. The van der Waals surface area contributed by atoms with Crippen LogP contribution in [0.3, 0.4) is 0 Å². The second-order valence-electron chi connectivity index (χ2n) is 3.89. The van der Waals surface area contributed by atoms with Gasteiger partial charge in [-0.05, 0) is 11.4 Å². The molecule has 1 saturated heterocycles. The summed E-state index contributed by atoms with van der Waals surface area (Å²) in [5, 5.41) is 2.07. The molecule has 1 aliphatic heterocycles. The van der Waals surface area contributed by atoms with Gasteiger partial charge in [-0.1, -0.05) is 11.8 Å². The molecular weight excluding hydrogens is 252 g/mol. The van der Waals surface area contributed by atoms with Gasteiger partial charge in [-0.3, -0.25) is 9.11 Å². The Morgan fingerprint density at radius 2 is 2.24 bits per heavy atom. The Labute approximate surface area is 108 Å². The van der Waals surface area contributed by atoms with Crippen molar-refractivity contribution in [2.24, 2.45) is 5.73 Å². The average Bonchev–Trinajstić information content (AvgIpc) is 2.77. The molecule has 0 bridgehead atoms. The quantitative estimate of drug-likeness (QED) is 0.800. The molecule has 2 heterocycles. The number of rotatable bonds is 2. The Hall–Kier alpha value is -0.670. The predicted octanol–water partition coefficient (Wildman–Crippen LogP) is 0.623. The van der Waals surface area contributed by atoms with E-state index >= 15 is 0 Å². The van der Waals surface area contributed by atoms with Gasteiger partial charge in [-0.25, -0.2) is 0 Å². The molecule has 0 spiro atoms. The van der Waals surface area contributed by atoms with Gasteiger partial charge in [0.2, 0.25) is 0 Å². The second-order valence-corrected chi connectivity index (χ2v) is 6.58. The maximum absolute atomic E-state index is 11.3. The Morgan fingerprint density at radius 3 is 2.94 bits per heavy atom. The van der Waals surface area contributed by atoms with Gasteiger partial charge in [0.25, 0.3) is 0 Å². The molecule has 0 aromatic carbocycles. The Balaban J connectivity index is 1.99.